The molecule has 0 amide bonds. The third-order valence-electron chi connectivity index (χ3n) is 6.42. The molecule has 0 saturated carbocycles. The second-order valence-corrected chi connectivity index (χ2v) is 10.5. The SMILES string of the molecule is CC.CNCc1cccc(C/C=C(\C=C(/C)c2nnc(-c3cc(Br)cc4c3CCC4)o2)C(C)(F)CF)c1.NCC=O. The number of carbonyl (C=O) groups excluding carboxylic acids is 1. The van der Waals surface area contributed by atoms with Gasteiger partial charge < -0.3 is 20.3 Å². The highest BCUT2D eigenvalue weighted by Crippen LogP contribution is 2.35. The molecule has 41 heavy (non-hydrogen) atoms. The summed E-state index contributed by atoms with van der Waals surface area (Å²) in [6.07, 6.45) is 7.59. The number of nitrogens with one attached hydrogen (secondary N) is 1. The van der Waals surface area contributed by atoms with E-state index in [2.05, 4.69) is 49.3 Å². The fraction of sp³-hybridized carbons (Fsp3) is 0.406. The predicted molar refractivity (Wildman–Crippen MR) is 166 cm³/mol. The summed E-state index contributed by atoms with van der Waals surface area (Å²) in [5.41, 5.74) is 8.99. The van der Waals surface area contributed by atoms with Gasteiger partial charge in [0.2, 0.25) is 11.8 Å². The van der Waals surface area contributed by atoms with Crippen LogP contribution in [-0.2, 0) is 30.6 Å². The van der Waals surface area contributed by atoms with E-state index in [-0.39, 0.29) is 12.1 Å². The molecule has 4 rings (SSSR count). The lowest BCUT2D eigenvalue weighted by molar-refractivity contribution is -0.106. The number of benzene rings is 2. The van der Waals surface area contributed by atoms with Crippen LogP contribution in [0.5, 0.6) is 0 Å². The third kappa shape index (κ3) is 9.80. The Morgan fingerprint density at radius 2 is 1.90 bits per heavy atom. The minimum atomic E-state index is -2.13. The molecule has 222 valence electrons. The van der Waals surface area contributed by atoms with Gasteiger partial charge in [0.25, 0.3) is 0 Å². The van der Waals surface area contributed by atoms with Crippen molar-refractivity contribution in [1.82, 2.24) is 15.5 Å². The largest absolute Gasteiger partial charge is 0.416 e. The minimum Gasteiger partial charge on any atom is -0.416 e. The molecule has 0 saturated heterocycles. The van der Waals surface area contributed by atoms with Gasteiger partial charge in [-0.3, -0.25) is 0 Å². The highest BCUT2D eigenvalue weighted by atomic mass is 79.9. The van der Waals surface area contributed by atoms with Gasteiger partial charge in [-0.05, 0) is 92.6 Å². The standard InChI is InChI=1S/C28H30BrF2N3O.C2H5NO.C2H6/c1-18(26-33-34-27(35-26)25-15-23(29)14-21-8-5-9-24(21)25)12-22(28(2,31)17-30)11-10-19-6-4-7-20(13-19)16-32-3;3-1-2-4;1-2/h4,6-7,11-15,32H,5,8-10,16-17H2,1-3H3;2H,1,3H2;1-2H3/b18-12+,22-11+;;. The predicted octanol–water partition coefficient (Wildman–Crippen LogP) is 7.15. The summed E-state index contributed by atoms with van der Waals surface area (Å²) < 4.78 is 35.8. The van der Waals surface area contributed by atoms with Crippen LogP contribution >= 0.6 is 15.9 Å². The number of rotatable bonds is 10. The smallest absolute Gasteiger partial charge is 0.248 e. The van der Waals surface area contributed by atoms with E-state index in [1.165, 1.54) is 18.1 Å². The molecule has 0 radical (unpaired) electrons. The van der Waals surface area contributed by atoms with E-state index in [0.717, 1.165) is 47.0 Å². The number of nitrogens with two attached hydrogens (primary N) is 1. The monoisotopic (exact) mass is 630 g/mol. The van der Waals surface area contributed by atoms with E-state index in [0.29, 0.717) is 30.1 Å². The zero-order valence-corrected chi connectivity index (χ0v) is 26.2. The number of aromatic nitrogens is 2. The molecule has 1 unspecified atom stereocenters. The molecule has 9 heteroatoms. The van der Waals surface area contributed by atoms with E-state index in [1.54, 1.807) is 19.1 Å². The van der Waals surface area contributed by atoms with Crippen LogP contribution in [0.1, 0.15) is 62.3 Å². The molecule has 1 aliphatic carbocycles. The van der Waals surface area contributed by atoms with Crippen LogP contribution in [0.2, 0.25) is 0 Å². The quantitative estimate of drug-likeness (QED) is 0.182. The summed E-state index contributed by atoms with van der Waals surface area (Å²) in [6.45, 7) is 6.79. The molecule has 0 aliphatic heterocycles. The second kappa shape index (κ2) is 17.1. The van der Waals surface area contributed by atoms with E-state index in [4.69, 9.17) is 9.21 Å². The van der Waals surface area contributed by atoms with Gasteiger partial charge in [-0.1, -0.05) is 60.1 Å². The lowest BCUT2D eigenvalue weighted by Gasteiger charge is -2.19. The molecule has 2 aromatic carbocycles. The fourth-order valence-corrected chi connectivity index (χ4v) is 4.95. The molecule has 1 aliphatic rings. The van der Waals surface area contributed by atoms with Crippen molar-refractivity contribution in [2.24, 2.45) is 5.73 Å². The maximum atomic E-state index is 15.2. The third-order valence-corrected chi connectivity index (χ3v) is 6.88. The first-order valence-electron chi connectivity index (χ1n) is 13.9. The van der Waals surface area contributed by atoms with Gasteiger partial charge in [0.1, 0.15) is 13.0 Å². The first kappa shape index (κ1) is 34.2. The van der Waals surface area contributed by atoms with Crippen molar-refractivity contribution in [3.63, 3.8) is 0 Å². The zero-order chi connectivity index (χ0) is 30.4. The number of nitrogens with zero attached hydrogens (tertiary/aromatic N) is 2. The van der Waals surface area contributed by atoms with Crippen molar-refractivity contribution in [3.05, 3.63) is 86.7 Å². The van der Waals surface area contributed by atoms with Crippen molar-refractivity contribution >= 4 is 27.8 Å². The zero-order valence-electron chi connectivity index (χ0n) is 24.6. The number of carbonyl (C=O) groups is 1. The molecular formula is C32H41BrF2N4O2. The van der Waals surface area contributed by atoms with Gasteiger partial charge in [0.05, 0.1) is 0 Å². The topological polar surface area (TPSA) is 94.0 Å². The molecule has 1 aromatic heterocycles. The van der Waals surface area contributed by atoms with Crippen LogP contribution in [-0.4, -0.2) is 42.4 Å². The Kier molecular flexibility index (Phi) is 14.2. The average Bonchev–Trinajstić information content (AvgIpc) is 3.66. The maximum absolute atomic E-state index is 15.2. The van der Waals surface area contributed by atoms with Crippen molar-refractivity contribution in [1.29, 1.82) is 0 Å². The van der Waals surface area contributed by atoms with E-state index in [9.17, 15) is 4.39 Å². The highest BCUT2D eigenvalue weighted by molar-refractivity contribution is 9.10. The summed E-state index contributed by atoms with van der Waals surface area (Å²) in [4.78, 5) is 9.05. The highest BCUT2D eigenvalue weighted by Gasteiger charge is 2.28. The Morgan fingerprint density at radius 1 is 1.20 bits per heavy atom. The van der Waals surface area contributed by atoms with Gasteiger partial charge in [-0.2, -0.15) is 0 Å². The van der Waals surface area contributed by atoms with Crippen LogP contribution in [0.3, 0.4) is 0 Å². The fourth-order valence-electron chi connectivity index (χ4n) is 4.44. The number of allylic oxidation sites excluding steroid dienone is 4. The Bertz CT molecular complexity index is 1330. The normalized spacial score (nSPS) is 14.3. The first-order valence-corrected chi connectivity index (χ1v) is 14.7. The molecule has 3 aromatic rings. The molecular weight excluding hydrogens is 590 g/mol. The summed E-state index contributed by atoms with van der Waals surface area (Å²) in [6, 6.07) is 12.2. The molecule has 1 atom stereocenters. The summed E-state index contributed by atoms with van der Waals surface area (Å²) in [5, 5.41) is 11.6. The van der Waals surface area contributed by atoms with Crippen LogP contribution in [0, 0.1) is 0 Å². The van der Waals surface area contributed by atoms with Crippen molar-refractivity contribution in [3.8, 4) is 11.5 Å². The van der Waals surface area contributed by atoms with Crippen molar-refractivity contribution < 1.29 is 18.0 Å². The summed E-state index contributed by atoms with van der Waals surface area (Å²) in [5.74, 6) is 0.732. The maximum Gasteiger partial charge on any atom is 0.248 e. The number of alkyl halides is 2. The lowest BCUT2D eigenvalue weighted by atomic mass is 9.94. The average molecular weight is 632 g/mol. The van der Waals surface area contributed by atoms with Gasteiger partial charge in [-0.25, -0.2) is 8.78 Å². The van der Waals surface area contributed by atoms with Crippen molar-refractivity contribution in [2.75, 3.05) is 20.3 Å². The van der Waals surface area contributed by atoms with E-state index in [1.807, 2.05) is 45.2 Å². The number of fused-ring (bicyclic) bond motifs is 1. The molecule has 1 heterocycles. The van der Waals surface area contributed by atoms with Gasteiger partial charge in [0.15, 0.2) is 5.67 Å². The second-order valence-electron chi connectivity index (χ2n) is 9.63. The Hall–Kier alpha value is -3.01. The Morgan fingerprint density at radius 3 is 2.56 bits per heavy atom. The molecule has 0 bridgehead atoms. The van der Waals surface area contributed by atoms with Gasteiger partial charge in [0, 0.05) is 28.7 Å². The molecule has 6 nitrogen and oxygen atoms in total. The molecule has 0 spiro atoms. The Balaban J connectivity index is 0.000000902. The minimum absolute atomic E-state index is 0.139. The van der Waals surface area contributed by atoms with Gasteiger partial charge in [-0.15, -0.1) is 10.2 Å². The number of hydrogen-bond donors (Lipinski definition) is 2. The van der Waals surface area contributed by atoms with E-state index >= 15 is 4.39 Å². The number of aryl methyl sites for hydroxylation is 1. The number of hydrogen-bond acceptors (Lipinski definition) is 6. The van der Waals surface area contributed by atoms with E-state index < -0.39 is 12.3 Å². The first-order chi connectivity index (χ1) is 19.7. The van der Waals surface area contributed by atoms with Crippen LogP contribution in [0.15, 0.2) is 63.0 Å². The molecule has 0 fully saturated rings. The number of halogens is 3. The summed E-state index contributed by atoms with van der Waals surface area (Å²) >= 11 is 3.57. The number of aldehydes is 1. The lowest BCUT2D eigenvalue weighted by Crippen LogP contribution is -2.23. The van der Waals surface area contributed by atoms with Crippen molar-refractivity contribution in [2.45, 2.75) is 65.6 Å². The van der Waals surface area contributed by atoms with Crippen LogP contribution in [0.4, 0.5) is 8.78 Å². The Labute approximate surface area is 250 Å². The van der Waals surface area contributed by atoms with Crippen LogP contribution < -0.4 is 11.1 Å². The van der Waals surface area contributed by atoms with Gasteiger partial charge >= 0.3 is 0 Å². The van der Waals surface area contributed by atoms with Crippen LogP contribution in [0.25, 0.3) is 17.0 Å². The summed E-state index contributed by atoms with van der Waals surface area (Å²) in [7, 11) is 1.89. The molecule has 3 N–H and O–H groups in total.